The normalized spacial score (nSPS) is 12.9. The van der Waals surface area contributed by atoms with Gasteiger partial charge in [-0.2, -0.15) is 0 Å². The molecule has 0 amide bonds. The van der Waals surface area contributed by atoms with Crippen molar-refractivity contribution in [3.63, 3.8) is 0 Å². The molecule has 13 heavy (non-hydrogen) atoms. The van der Waals surface area contributed by atoms with Gasteiger partial charge in [-0.15, -0.1) is 10.2 Å². The van der Waals surface area contributed by atoms with Gasteiger partial charge in [0.25, 0.3) is 0 Å². The number of nitrogens with one attached hydrogen (secondary N) is 1. The Bertz CT molecular complexity index is 265. The van der Waals surface area contributed by atoms with Crippen LogP contribution in [0.3, 0.4) is 0 Å². The van der Waals surface area contributed by atoms with E-state index in [9.17, 15) is 0 Å². The monoisotopic (exact) mass is 183 g/mol. The van der Waals surface area contributed by atoms with E-state index in [0.29, 0.717) is 0 Å². The fraction of sp³-hybridized carbons (Fsp3) is 0.750. The first-order chi connectivity index (χ1) is 6.20. The van der Waals surface area contributed by atoms with Gasteiger partial charge >= 0.3 is 0 Å². The molecule has 0 aromatic carbocycles. The average Bonchev–Trinajstić information content (AvgIpc) is 2.48. The molecule has 0 radical (unpaired) electrons. The van der Waals surface area contributed by atoms with Crippen LogP contribution in [0.2, 0.25) is 0 Å². The second-order valence-corrected chi connectivity index (χ2v) is 2.95. The molecule has 1 aromatic rings. The van der Waals surface area contributed by atoms with Crippen molar-refractivity contribution >= 4 is 5.95 Å². The Morgan fingerprint density at radius 2 is 2.15 bits per heavy atom. The molecule has 1 unspecified atom stereocenters. The lowest BCUT2D eigenvalue weighted by molar-refractivity contribution is 0.639. The summed E-state index contributed by atoms with van der Waals surface area (Å²) < 4.78 is 1.99. The maximum Gasteiger partial charge on any atom is 0.224 e. The molecule has 1 aromatic heterocycles. The lowest BCUT2D eigenvalue weighted by Gasteiger charge is -2.09. The Hall–Kier alpha value is -1.10. The van der Waals surface area contributed by atoms with E-state index in [4.69, 9.17) is 5.73 Å². The molecule has 5 heteroatoms. The van der Waals surface area contributed by atoms with Crippen molar-refractivity contribution in [2.75, 3.05) is 11.9 Å². The van der Waals surface area contributed by atoms with E-state index in [2.05, 4.69) is 22.4 Å². The average molecular weight is 183 g/mol. The summed E-state index contributed by atoms with van der Waals surface area (Å²) in [5.74, 6) is 1.63. The molecule has 5 nitrogen and oxygen atoms in total. The maximum atomic E-state index is 5.75. The fourth-order valence-corrected chi connectivity index (χ4v) is 1.25. The molecule has 1 rings (SSSR count). The Kier molecular flexibility index (Phi) is 3.25. The number of hydrogen-bond acceptors (Lipinski definition) is 4. The van der Waals surface area contributed by atoms with Crippen LogP contribution in [0, 0.1) is 0 Å². The van der Waals surface area contributed by atoms with Crippen molar-refractivity contribution < 1.29 is 0 Å². The molecule has 0 aliphatic heterocycles. The Morgan fingerprint density at radius 3 is 2.62 bits per heavy atom. The third-order valence-corrected chi connectivity index (χ3v) is 1.84. The molecule has 0 fully saturated rings. The van der Waals surface area contributed by atoms with Gasteiger partial charge in [-0.25, -0.2) is 0 Å². The van der Waals surface area contributed by atoms with Crippen molar-refractivity contribution in [3.05, 3.63) is 5.82 Å². The van der Waals surface area contributed by atoms with Crippen LogP contribution in [0.4, 0.5) is 5.95 Å². The van der Waals surface area contributed by atoms with Crippen molar-refractivity contribution in [2.24, 2.45) is 5.73 Å². The van der Waals surface area contributed by atoms with Crippen LogP contribution in [0.15, 0.2) is 0 Å². The third kappa shape index (κ3) is 1.98. The van der Waals surface area contributed by atoms with E-state index in [1.165, 1.54) is 0 Å². The summed E-state index contributed by atoms with van der Waals surface area (Å²) in [5.41, 5.74) is 5.75. The molecule has 0 aliphatic rings. The maximum absolute atomic E-state index is 5.75. The van der Waals surface area contributed by atoms with E-state index in [-0.39, 0.29) is 6.04 Å². The third-order valence-electron chi connectivity index (χ3n) is 1.84. The van der Waals surface area contributed by atoms with Gasteiger partial charge in [-0.05, 0) is 20.8 Å². The second kappa shape index (κ2) is 4.23. The van der Waals surface area contributed by atoms with Crippen LogP contribution < -0.4 is 11.1 Å². The number of aromatic nitrogens is 3. The summed E-state index contributed by atoms with van der Waals surface area (Å²) in [5, 5.41) is 11.2. The zero-order valence-corrected chi connectivity index (χ0v) is 8.41. The van der Waals surface area contributed by atoms with Crippen molar-refractivity contribution in [2.45, 2.75) is 33.4 Å². The molecule has 0 spiro atoms. The number of rotatable bonds is 4. The fourth-order valence-electron chi connectivity index (χ4n) is 1.25. The van der Waals surface area contributed by atoms with Gasteiger partial charge in [-0.1, -0.05) is 0 Å². The lowest BCUT2D eigenvalue weighted by atomic mass is 10.3. The van der Waals surface area contributed by atoms with Crippen LogP contribution >= 0.6 is 0 Å². The lowest BCUT2D eigenvalue weighted by Crippen LogP contribution is -2.14. The number of anilines is 1. The largest absolute Gasteiger partial charge is 0.355 e. The quantitative estimate of drug-likeness (QED) is 0.722. The van der Waals surface area contributed by atoms with Gasteiger partial charge in [-0.3, -0.25) is 4.57 Å². The van der Waals surface area contributed by atoms with E-state index in [0.717, 1.165) is 24.9 Å². The van der Waals surface area contributed by atoms with Gasteiger partial charge in [0.05, 0.1) is 6.04 Å². The van der Waals surface area contributed by atoms with Gasteiger partial charge in [0.15, 0.2) is 5.82 Å². The number of hydrogen-bond donors (Lipinski definition) is 2. The highest BCUT2D eigenvalue weighted by atomic mass is 15.4. The number of nitrogens with zero attached hydrogens (tertiary/aromatic N) is 3. The molecule has 0 saturated carbocycles. The molecule has 3 N–H and O–H groups in total. The summed E-state index contributed by atoms with van der Waals surface area (Å²) in [6.45, 7) is 7.67. The predicted octanol–water partition coefficient (Wildman–Crippen LogP) is 0.749. The van der Waals surface area contributed by atoms with Gasteiger partial charge in [0.2, 0.25) is 5.95 Å². The second-order valence-electron chi connectivity index (χ2n) is 2.95. The van der Waals surface area contributed by atoms with Crippen LogP contribution in [0.1, 0.15) is 32.6 Å². The molecular formula is C8H17N5. The van der Waals surface area contributed by atoms with Crippen LogP contribution in [0.5, 0.6) is 0 Å². The molecule has 0 bridgehead atoms. The van der Waals surface area contributed by atoms with Gasteiger partial charge < -0.3 is 11.1 Å². The van der Waals surface area contributed by atoms with Gasteiger partial charge in [0, 0.05) is 13.1 Å². The summed E-state index contributed by atoms with van der Waals surface area (Å²) in [4.78, 5) is 0. The first kappa shape index (κ1) is 9.98. The summed E-state index contributed by atoms with van der Waals surface area (Å²) in [6.07, 6.45) is 0. The van der Waals surface area contributed by atoms with Crippen molar-refractivity contribution in [3.8, 4) is 0 Å². The zero-order chi connectivity index (χ0) is 9.84. The Labute approximate surface area is 78.3 Å². The van der Waals surface area contributed by atoms with Crippen molar-refractivity contribution in [1.29, 1.82) is 0 Å². The first-order valence-electron chi connectivity index (χ1n) is 4.63. The Morgan fingerprint density at radius 1 is 1.46 bits per heavy atom. The standard InChI is InChI=1S/C8H17N5/c1-4-10-8-12-11-7(6(3)9)13(8)5-2/h6H,4-5,9H2,1-3H3,(H,10,12). The molecule has 74 valence electrons. The smallest absolute Gasteiger partial charge is 0.224 e. The SMILES string of the molecule is CCNc1nnc(C(C)N)n1CC. The minimum atomic E-state index is -0.0696. The van der Waals surface area contributed by atoms with E-state index >= 15 is 0 Å². The van der Waals surface area contributed by atoms with E-state index in [1.807, 2.05) is 18.4 Å². The van der Waals surface area contributed by atoms with E-state index < -0.39 is 0 Å². The minimum absolute atomic E-state index is 0.0696. The summed E-state index contributed by atoms with van der Waals surface area (Å²) in [6, 6.07) is -0.0696. The highest BCUT2D eigenvalue weighted by molar-refractivity contribution is 5.26. The van der Waals surface area contributed by atoms with E-state index in [1.54, 1.807) is 0 Å². The first-order valence-corrected chi connectivity index (χ1v) is 4.63. The molecule has 0 aliphatic carbocycles. The van der Waals surface area contributed by atoms with Crippen molar-refractivity contribution in [1.82, 2.24) is 14.8 Å². The molecule has 0 saturated heterocycles. The Balaban J connectivity index is 2.96. The molecular weight excluding hydrogens is 166 g/mol. The number of nitrogens with two attached hydrogens (primary N) is 1. The van der Waals surface area contributed by atoms with Crippen LogP contribution in [-0.4, -0.2) is 21.3 Å². The summed E-state index contributed by atoms with van der Waals surface area (Å²) in [7, 11) is 0. The molecule has 1 heterocycles. The topological polar surface area (TPSA) is 68.8 Å². The van der Waals surface area contributed by atoms with Crippen LogP contribution in [0.25, 0.3) is 0 Å². The predicted molar refractivity (Wildman–Crippen MR) is 52.5 cm³/mol. The van der Waals surface area contributed by atoms with Gasteiger partial charge in [0.1, 0.15) is 0 Å². The van der Waals surface area contributed by atoms with Crippen LogP contribution in [-0.2, 0) is 6.54 Å². The highest BCUT2D eigenvalue weighted by Gasteiger charge is 2.12. The zero-order valence-electron chi connectivity index (χ0n) is 8.41. The highest BCUT2D eigenvalue weighted by Crippen LogP contribution is 2.12. The minimum Gasteiger partial charge on any atom is -0.355 e. The summed E-state index contributed by atoms with van der Waals surface area (Å²) >= 11 is 0. The molecule has 1 atom stereocenters.